The van der Waals surface area contributed by atoms with Gasteiger partial charge in [0.25, 0.3) is 0 Å². The number of halogens is 1. The van der Waals surface area contributed by atoms with Crippen molar-refractivity contribution in [2.45, 2.75) is 30.7 Å². The fourth-order valence-corrected chi connectivity index (χ4v) is 3.07. The molecule has 128 valence electrons. The van der Waals surface area contributed by atoms with E-state index in [-0.39, 0.29) is 16.8 Å². The number of rotatable bonds is 6. The summed E-state index contributed by atoms with van der Waals surface area (Å²) in [5.41, 5.74) is 1.92. The number of hydrogen-bond acceptors (Lipinski definition) is 3. The highest BCUT2D eigenvalue weighted by atomic mass is 35.5. The monoisotopic (exact) mass is 365 g/mol. The molecule has 1 atom stereocenters. The van der Waals surface area contributed by atoms with Crippen LogP contribution in [-0.4, -0.2) is 20.6 Å². The molecule has 0 unspecified atom stereocenters. The minimum absolute atomic E-state index is 0.0513. The summed E-state index contributed by atoms with van der Waals surface area (Å²) in [6.45, 7) is 1.87. The molecule has 0 heterocycles. The maximum atomic E-state index is 12.1. The second-order valence-electron chi connectivity index (χ2n) is 5.76. The minimum atomic E-state index is -3.21. The average molecular weight is 366 g/mol. The summed E-state index contributed by atoms with van der Waals surface area (Å²) in [4.78, 5) is 12.3. The number of carbonyl (C=O) groups is 1. The Labute approximate surface area is 147 Å². The first-order chi connectivity index (χ1) is 11.3. The molecular weight excluding hydrogens is 346 g/mol. The van der Waals surface area contributed by atoms with Crippen LogP contribution in [0.2, 0.25) is 5.02 Å². The van der Waals surface area contributed by atoms with E-state index in [0.29, 0.717) is 17.9 Å². The topological polar surface area (TPSA) is 63.2 Å². The maximum Gasteiger partial charge on any atom is 0.220 e. The van der Waals surface area contributed by atoms with E-state index in [2.05, 4.69) is 5.32 Å². The van der Waals surface area contributed by atoms with Crippen molar-refractivity contribution in [2.75, 3.05) is 6.26 Å². The first-order valence-corrected chi connectivity index (χ1v) is 9.86. The summed E-state index contributed by atoms with van der Waals surface area (Å²) in [6.07, 6.45) is 2.19. The van der Waals surface area contributed by atoms with Crippen molar-refractivity contribution in [3.63, 3.8) is 0 Å². The number of hydrogen-bond donors (Lipinski definition) is 1. The molecule has 24 heavy (non-hydrogen) atoms. The van der Waals surface area contributed by atoms with Crippen LogP contribution in [0.25, 0.3) is 0 Å². The van der Waals surface area contributed by atoms with E-state index in [4.69, 9.17) is 11.6 Å². The van der Waals surface area contributed by atoms with Gasteiger partial charge >= 0.3 is 0 Å². The second-order valence-corrected chi connectivity index (χ2v) is 8.21. The zero-order valence-corrected chi connectivity index (χ0v) is 15.2. The molecule has 0 saturated heterocycles. The first kappa shape index (κ1) is 18.5. The van der Waals surface area contributed by atoms with Crippen LogP contribution in [0.3, 0.4) is 0 Å². The van der Waals surface area contributed by atoms with Crippen molar-refractivity contribution < 1.29 is 13.2 Å². The van der Waals surface area contributed by atoms with Gasteiger partial charge in [-0.15, -0.1) is 0 Å². The molecular formula is C18H20ClNO3S. The fraction of sp³-hybridized carbons (Fsp3) is 0.278. The summed E-state index contributed by atoms with van der Waals surface area (Å²) >= 11 is 5.83. The van der Waals surface area contributed by atoms with Gasteiger partial charge in [0.2, 0.25) is 5.91 Å². The van der Waals surface area contributed by atoms with Crippen molar-refractivity contribution >= 4 is 27.3 Å². The summed E-state index contributed by atoms with van der Waals surface area (Å²) in [7, 11) is -3.21. The van der Waals surface area contributed by atoms with Crippen molar-refractivity contribution in [1.82, 2.24) is 5.32 Å². The molecule has 2 rings (SSSR count). The van der Waals surface area contributed by atoms with Gasteiger partial charge in [0.05, 0.1) is 10.9 Å². The van der Waals surface area contributed by atoms with Crippen LogP contribution in [0.5, 0.6) is 0 Å². The molecule has 0 aromatic heterocycles. The largest absolute Gasteiger partial charge is 0.350 e. The highest BCUT2D eigenvalue weighted by molar-refractivity contribution is 7.90. The number of aryl methyl sites for hydroxylation is 1. The van der Waals surface area contributed by atoms with E-state index in [0.717, 1.165) is 11.1 Å². The van der Waals surface area contributed by atoms with Crippen LogP contribution >= 0.6 is 11.6 Å². The Balaban J connectivity index is 1.90. The highest BCUT2D eigenvalue weighted by Gasteiger charge is 2.12. The molecule has 0 aliphatic rings. The Morgan fingerprint density at radius 1 is 1.08 bits per heavy atom. The van der Waals surface area contributed by atoms with Crippen molar-refractivity contribution in [2.24, 2.45) is 0 Å². The quantitative estimate of drug-likeness (QED) is 0.851. The Bertz CT molecular complexity index is 799. The van der Waals surface area contributed by atoms with Gasteiger partial charge in [0.15, 0.2) is 9.84 Å². The Morgan fingerprint density at radius 2 is 1.67 bits per heavy atom. The third kappa shape index (κ3) is 5.35. The molecule has 1 N–H and O–H groups in total. The van der Waals surface area contributed by atoms with Gasteiger partial charge < -0.3 is 5.32 Å². The summed E-state index contributed by atoms with van der Waals surface area (Å²) in [6, 6.07) is 13.8. The highest BCUT2D eigenvalue weighted by Crippen LogP contribution is 2.17. The van der Waals surface area contributed by atoms with Crippen molar-refractivity contribution in [3.05, 3.63) is 64.7 Å². The van der Waals surface area contributed by atoms with E-state index in [1.165, 1.54) is 6.26 Å². The van der Waals surface area contributed by atoms with E-state index in [1.807, 2.05) is 19.1 Å². The maximum absolute atomic E-state index is 12.1. The average Bonchev–Trinajstić information content (AvgIpc) is 2.53. The predicted octanol–water partition coefficient (Wildman–Crippen LogP) is 3.55. The van der Waals surface area contributed by atoms with Crippen LogP contribution in [0.15, 0.2) is 53.4 Å². The molecule has 0 aliphatic carbocycles. The molecule has 2 aromatic rings. The Hall–Kier alpha value is -1.85. The lowest BCUT2D eigenvalue weighted by Crippen LogP contribution is -2.26. The van der Waals surface area contributed by atoms with Crippen LogP contribution in [0, 0.1) is 0 Å². The van der Waals surface area contributed by atoms with Crippen molar-refractivity contribution in [1.29, 1.82) is 0 Å². The number of nitrogens with one attached hydrogen (secondary N) is 1. The van der Waals surface area contributed by atoms with Gasteiger partial charge in [-0.05, 0) is 48.7 Å². The number of amides is 1. The molecule has 0 bridgehead atoms. The Morgan fingerprint density at radius 3 is 2.21 bits per heavy atom. The molecule has 0 aliphatic heterocycles. The SMILES string of the molecule is C[C@@H](NC(=O)CCc1ccc(Cl)cc1)c1ccc(S(C)(=O)=O)cc1. The van der Waals surface area contributed by atoms with Gasteiger partial charge in [-0.3, -0.25) is 4.79 Å². The van der Waals surface area contributed by atoms with Gasteiger partial charge in [-0.1, -0.05) is 35.9 Å². The van der Waals surface area contributed by atoms with Gasteiger partial charge in [-0.25, -0.2) is 8.42 Å². The molecule has 0 radical (unpaired) electrons. The second kappa shape index (κ2) is 7.81. The van der Waals surface area contributed by atoms with Crippen LogP contribution < -0.4 is 5.32 Å². The van der Waals surface area contributed by atoms with E-state index < -0.39 is 9.84 Å². The van der Waals surface area contributed by atoms with Crippen LogP contribution in [0.4, 0.5) is 0 Å². The van der Waals surface area contributed by atoms with Gasteiger partial charge in [0, 0.05) is 17.7 Å². The predicted molar refractivity (Wildman–Crippen MR) is 95.9 cm³/mol. The standard InChI is InChI=1S/C18H20ClNO3S/c1-13(15-6-10-17(11-7-15)24(2,22)23)20-18(21)12-5-14-3-8-16(19)9-4-14/h3-4,6-11,13H,5,12H2,1-2H3,(H,20,21)/t13-/m1/s1. The molecule has 2 aromatic carbocycles. The molecule has 0 spiro atoms. The summed E-state index contributed by atoms with van der Waals surface area (Å²) in [5, 5.41) is 3.60. The summed E-state index contributed by atoms with van der Waals surface area (Å²) in [5.74, 6) is -0.0513. The van der Waals surface area contributed by atoms with E-state index >= 15 is 0 Å². The number of sulfone groups is 1. The number of carbonyl (C=O) groups excluding carboxylic acids is 1. The van der Waals surface area contributed by atoms with Crippen LogP contribution in [0.1, 0.15) is 30.5 Å². The molecule has 0 saturated carbocycles. The van der Waals surface area contributed by atoms with Gasteiger partial charge in [-0.2, -0.15) is 0 Å². The van der Waals surface area contributed by atoms with Crippen molar-refractivity contribution in [3.8, 4) is 0 Å². The fourth-order valence-electron chi connectivity index (χ4n) is 2.31. The summed E-state index contributed by atoms with van der Waals surface area (Å²) < 4.78 is 22.9. The first-order valence-electron chi connectivity index (χ1n) is 7.59. The third-order valence-electron chi connectivity index (χ3n) is 3.74. The lowest BCUT2D eigenvalue weighted by molar-refractivity contribution is -0.121. The molecule has 4 nitrogen and oxygen atoms in total. The smallest absolute Gasteiger partial charge is 0.220 e. The Kier molecular flexibility index (Phi) is 6.02. The van der Waals surface area contributed by atoms with E-state index in [9.17, 15) is 13.2 Å². The van der Waals surface area contributed by atoms with Crippen LogP contribution in [-0.2, 0) is 21.1 Å². The van der Waals surface area contributed by atoms with Gasteiger partial charge in [0.1, 0.15) is 0 Å². The molecule has 6 heteroatoms. The lowest BCUT2D eigenvalue weighted by Gasteiger charge is -2.15. The number of benzene rings is 2. The zero-order valence-electron chi connectivity index (χ0n) is 13.6. The van der Waals surface area contributed by atoms with E-state index in [1.54, 1.807) is 36.4 Å². The molecule has 0 fully saturated rings. The third-order valence-corrected chi connectivity index (χ3v) is 5.12. The molecule has 1 amide bonds. The zero-order chi connectivity index (χ0) is 17.7. The lowest BCUT2D eigenvalue weighted by atomic mass is 10.1. The minimum Gasteiger partial charge on any atom is -0.350 e. The normalized spacial score (nSPS) is 12.6.